The molecule has 2 saturated heterocycles. The zero-order valence-electron chi connectivity index (χ0n) is 12.2. The van der Waals surface area contributed by atoms with Crippen molar-refractivity contribution in [2.45, 2.75) is 36.6 Å². The molecule has 21 heavy (non-hydrogen) atoms. The first-order valence-electron chi connectivity index (χ1n) is 7.68. The van der Waals surface area contributed by atoms with E-state index in [4.69, 9.17) is 5.73 Å². The van der Waals surface area contributed by atoms with Gasteiger partial charge in [0, 0.05) is 37.9 Å². The molecule has 5 nitrogen and oxygen atoms in total. The Hall–Kier alpha value is -1.11. The molecule has 0 aromatic heterocycles. The third-order valence-corrected chi connectivity index (χ3v) is 6.36. The summed E-state index contributed by atoms with van der Waals surface area (Å²) >= 11 is 0. The summed E-state index contributed by atoms with van der Waals surface area (Å²) in [6.07, 6.45) is 3.92. The highest BCUT2D eigenvalue weighted by atomic mass is 32.2. The van der Waals surface area contributed by atoms with Crippen molar-refractivity contribution in [2.75, 3.05) is 31.1 Å². The first-order chi connectivity index (χ1) is 10.1. The van der Waals surface area contributed by atoms with Crippen molar-refractivity contribution < 1.29 is 8.42 Å². The molecule has 0 atom stereocenters. The second-order valence-electron chi connectivity index (χ2n) is 5.93. The Kier molecular flexibility index (Phi) is 4.19. The number of nitrogens with zero attached hydrogens (tertiary/aromatic N) is 2. The Morgan fingerprint density at radius 1 is 0.952 bits per heavy atom. The summed E-state index contributed by atoms with van der Waals surface area (Å²) in [5.41, 5.74) is 7.00. The average Bonchev–Trinajstić information content (AvgIpc) is 3.03. The summed E-state index contributed by atoms with van der Waals surface area (Å²) in [5.74, 6) is 0. The molecule has 1 aromatic rings. The lowest BCUT2D eigenvalue weighted by Crippen LogP contribution is -2.39. The van der Waals surface area contributed by atoms with Gasteiger partial charge in [-0.15, -0.1) is 0 Å². The van der Waals surface area contributed by atoms with E-state index < -0.39 is 10.0 Å². The number of nitrogens with two attached hydrogens (primary N) is 1. The van der Waals surface area contributed by atoms with E-state index in [1.165, 1.54) is 0 Å². The minimum Gasteiger partial charge on any atom is -0.371 e. The van der Waals surface area contributed by atoms with Gasteiger partial charge >= 0.3 is 0 Å². The monoisotopic (exact) mass is 309 g/mol. The number of hydrogen-bond acceptors (Lipinski definition) is 4. The summed E-state index contributed by atoms with van der Waals surface area (Å²) in [6.45, 7) is 3.18. The van der Waals surface area contributed by atoms with E-state index in [2.05, 4.69) is 4.90 Å². The summed E-state index contributed by atoms with van der Waals surface area (Å²) in [4.78, 5) is 2.68. The maximum absolute atomic E-state index is 12.5. The lowest BCUT2D eigenvalue weighted by molar-refractivity contribution is 0.477. The highest BCUT2D eigenvalue weighted by Gasteiger charge is 2.27. The molecule has 2 heterocycles. The van der Waals surface area contributed by atoms with Crippen LogP contribution >= 0.6 is 0 Å². The van der Waals surface area contributed by atoms with Gasteiger partial charge in [-0.3, -0.25) is 0 Å². The van der Waals surface area contributed by atoms with Gasteiger partial charge in [0.05, 0.1) is 4.90 Å². The van der Waals surface area contributed by atoms with Gasteiger partial charge in [0.2, 0.25) is 10.0 Å². The molecule has 0 saturated carbocycles. The number of sulfonamides is 1. The first kappa shape index (κ1) is 14.8. The standard InChI is InChI=1S/C15H23N3O2S/c16-13-7-11-17(12-8-13)14-3-5-15(6-4-14)21(19,20)18-9-1-2-10-18/h3-6,13H,1-2,7-12,16H2. The average molecular weight is 309 g/mol. The molecular formula is C15H23N3O2S. The second kappa shape index (κ2) is 5.94. The summed E-state index contributed by atoms with van der Waals surface area (Å²) in [5, 5.41) is 0. The summed E-state index contributed by atoms with van der Waals surface area (Å²) in [6, 6.07) is 7.60. The van der Waals surface area contributed by atoms with E-state index >= 15 is 0 Å². The van der Waals surface area contributed by atoms with Crippen molar-refractivity contribution in [3.63, 3.8) is 0 Å². The summed E-state index contributed by atoms with van der Waals surface area (Å²) in [7, 11) is -3.30. The largest absolute Gasteiger partial charge is 0.371 e. The fourth-order valence-electron chi connectivity index (χ4n) is 3.06. The van der Waals surface area contributed by atoms with Gasteiger partial charge in [-0.1, -0.05) is 0 Å². The van der Waals surface area contributed by atoms with E-state index in [0.717, 1.165) is 44.5 Å². The number of rotatable bonds is 3. The molecule has 0 unspecified atom stereocenters. The zero-order valence-corrected chi connectivity index (χ0v) is 13.1. The molecule has 2 aliphatic rings. The van der Waals surface area contributed by atoms with Crippen molar-refractivity contribution in [3.8, 4) is 0 Å². The predicted molar refractivity (Wildman–Crippen MR) is 83.9 cm³/mol. The predicted octanol–water partition coefficient (Wildman–Crippen LogP) is 1.40. The minimum atomic E-state index is -3.30. The van der Waals surface area contributed by atoms with Gasteiger partial charge in [0.25, 0.3) is 0 Å². The fourth-order valence-corrected chi connectivity index (χ4v) is 4.58. The van der Waals surface area contributed by atoms with Crippen LogP contribution in [-0.2, 0) is 10.0 Å². The lowest BCUT2D eigenvalue weighted by atomic mass is 10.1. The quantitative estimate of drug-likeness (QED) is 0.916. The summed E-state index contributed by atoms with van der Waals surface area (Å²) < 4.78 is 26.5. The molecular weight excluding hydrogens is 286 g/mol. The number of piperidine rings is 1. The normalized spacial score (nSPS) is 21.9. The molecule has 1 aromatic carbocycles. The van der Waals surface area contributed by atoms with Crippen LogP contribution in [0.25, 0.3) is 0 Å². The van der Waals surface area contributed by atoms with E-state index in [-0.39, 0.29) is 0 Å². The first-order valence-corrected chi connectivity index (χ1v) is 9.12. The zero-order chi connectivity index (χ0) is 14.9. The van der Waals surface area contributed by atoms with E-state index in [1.54, 1.807) is 16.4 Å². The Labute approximate surface area is 126 Å². The third-order valence-electron chi connectivity index (χ3n) is 4.44. The van der Waals surface area contributed by atoms with Crippen molar-refractivity contribution in [2.24, 2.45) is 5.73 Å². The van der Waals surface area contributed by atoms with Crippen LogP contribution in [0, 0.1) is 0 Å². The van der Waals surface area contributed by atoms with E-state index in [0.29, 0.717) is 24.0 Å². The number of anilines is 1. The number of benzene rings is 1. The van der Waals surface area contributed by atoms with Crippen LogP contribution in [0.2, 0.25) is 0 Å². The van der Waals surface area contributed by atoms with E-state index in [1.807, 2.05) is 12.1 Å². The SMILES string of the molecule is NC1CCN(c2ccc(S(=O)(=O)N3CCCC3)cc2)CC1. The van der Waals surface area contributed by atoms with Crippen molar-refractivity contribution in [1.82, 2.24) is 4.31 Å². The van der Waals surface area contributed by atoms with Gasteiger partial charge in [0.15, 0.2) is 0 Å². The minimum absolute atomic E-state index is 0.302. The third kappa shape index (κ3) is 3.07. The van der Waals surface area contributed by atoms with Gasteiger partial charge in [0.1, 0.15) is 0 Å². The number of hydrogen-bond donors (Lipinski definition) is 1. The molecule has 2 N–H and O–H groups in total. The maximum Gasteiger partial charge on any atom is 0.243 e. The molecule has 2 fully saturated rings. The Morgan fingerprint density at radius 3 is 2.10 bits per heavy atom. The van der Waals surface area contributed by atoms with Crippen LogP contribution in [0.4, 0.5) is 5.69 Å². The van der Waals surface area contributed by atoms with Crippen molar-refractivity contribution in [3.05, 3.63) is 24.3 Å². The van der Waals surface area contributed by atoms with Crippen LogP contribution in [0.15, 0.2) is 29.2 Å². The van der Waals surface area contributed by atoms with Gasteiger partial charge in [-0.05, 0) is 49.9 Å². The molecule has 116 valence electrons. The molecule has 0 radical (unpaired) electrons. The highest BCUT2D eigenvalue weighted by Crippen LogP contribution is 2.25. The topological polar surface area (TPSA) is 66.6 Å². The van der Waals surface area contributed by atoms with Gasteiger partial charge < -0.3 is 10.6 Å². The smallest absolute Gasteiger partial charge is 0.243 e. The van der Waals surface area contributed by atoms with Crippen LogP contribution in [-0.4, -0.2) is 44.9 Å². The molecule has 2 aliphatic heterocycles. The molecule has 0 bridgehead atoms. The van der Waals surface area contributed by atoms with Crippen LogP contribution in [0.5, 0.6) is 0 Å². The van der Waals surface area contributed by atoms with Gasteiger partial charge in [-0.2, -0.15) is 4.31 Å². The van der Waals surface area contributed by atoms with Crippen molar-refractivity contribution >= 4 is 15.7 Å². The van der Waals surface area contributed by atoms with Crippen LogP contribution in [0.3, 0.4) is 0 Å². The second-order valence-corrected chi connectivity index (χ2v) is 7.87. The Bertz CT molecular complexity index is 571. The van der Waals surface area contributed by atoms with Crippen LogP contribution < -0.4 is 10.6 Å². The fraction of sp³-hybridized carbons (Fsp3) is 0.600. The highest BCUT2D eigenvalue weighted by molar-refractivity contribution is 7.89. The lowest BCUT2D eigenvalue weighted by Gasteiger charge is -2.32. The Balaban J connectivity index is 1.74. The van der Waals surface area contributed by atoms with Crippen LogP contribution in [0.1, 0.15) is 25.7 Å². The maximum atomic E-state index is 12.5. The van der Waals surface area contributed by atoms with Gasteiger partial charge in [-0.25, -0.2) is 8.42 Å². The molecule has 6 heteroatoms. The Morgan fingerprint density at radius 2 is 1.52 bits per heavy atom. The molecule has 3 rings (SSSR count). The molecule has 0 amide bonds. The van der Waals surface area contributed by atoms with Crippen molar-refractivity contribution in [1.29, 1.82) is 0 Å². The molecule has 0 aliphatic carbocycles. The molecule has 0 spiro atoms. The van der Waals surface area contributed by atoms with E-state index in [9.17, 15) is 8.42 Å².